The van der Waals surface area contributed by atoms with Crippen molar-refractivity contribution in [2.45, 2.75) is 0 Å². The molecular weight excluding hydrogens is 458 g/mol. The smallest absolute Gasteiger partial charge is 0.291 e. The molecule has 2 amide bonds. The van der Waals surface area contributed by atoms with Gasteiger partial charge in [0.15, 0.2) is 10.9 Å². The summed E-state index contributed by atoms with van der Waals surface area (Å²) in [7, 11) is 1.50. The summed E-state index contributed by atoms with van der Waals surface area (Å²) >= 11 is 8.58. The lowest BCUT2D eigenvalue weighted by Crippen LogP contribution is -2.34. The third-order valence-electron chi connectivity index (χ3n) is 3.80. The standard InChI is InChI=1S/C20H16BrN3O4S/c1-27-16-9-8-12(22-19(26)17-7-4-10-28-17)11-15(16)23-20(29)24-18(25)13-5-2-3-6-14(13)21/h2-11H,1H3,(H,22,26)(H2,23,24,25,29). The highest BCUT2D eigenvalue weighted by atomic mass is 79.9. The molecule has 0 unspecified atom stereocenters. The summed E-state index contributed by atoms with van der Waals surface area (Å²) in [6.07, 6.45) is 1.42. The molecular formula is C20H16BrN3O4S. The van der Waals surface area contributed by atoms with E-state index in [4.69, 9.17) is 21.4 Å². The molecule has 2 aromatic carbocycles. The Bertz CT molecular complexity index is 1050. The van der Waals surface area contributed by atoms with Crippen molar-refractivity contribution in [3.63, 3.8) is 0 Å². The number of thiocarbonyl (C=S) groups is 1. The van der Waals surface area contributed by atoms with Crippen molar-refractivity contribution >= 4 is 56.4 Å². The van der Waals surface area contributed by atoms with E-state index in [-0.39, 0.29) is 16.8 Å². The minimum atomic E-state index is -0.393. The van der Waals surface area contributed by atoms with Gasteiger partial charge in [0.05, 0.1) is 24.6 Å². The molecule has 3 N–H and O–H groups in total. The van der Waals surface area contributed by atoms with Crippen molar-refractivity contribution in [3.8, 4) is 5.75 Å². The van der Waals surface area contributed by atoms with Gasteiger partial charge in [-0.25, -0.2) is 0 Å². The summed E-state index contributed by atoms with van der Waals surface area (Å²) in [6.45, 7) is 0. The fraction of sp³-hybridized carbons (Fsp3) is 0.0500. The number of halogens is 1. The quantitative estimate of drug-likeness (QED) is 0.474. The number of methoxy groups -OCH3 is 1. The van der Waals surface area contributed by atoms with Crippen molar-refractivity contribution in [2.24, 2.45) is 0 Å². The predicted octanol–water partition coefficient (Wildman–Crippen LogP) is 4.43. The highest BCUT2D eigenvalue weighted by molar-refractivity contribution is 9.10. The minimum absolute atomic E-state index is 0.0820. The van der Waals surface area contributed by atoms with E-state index < -0.39 is 5.91 Å². The lowest BCUT2D eigenvalue weighted by Gasteiger charge is -2.15. The molecule has 0 fully saturated rings. The Balaban J connectivity index is 1.71. The van der Waals surface area contributed by atoms with Crippen LogP contribution in [0.1, 0.15) is 20.9 Å². The average Bonchev–Trinajstić information content (AvgIpc) is 3.23. The first-order valence-corrected chi connectivity index (χ1v) is 9.58. The first-order valence-electron chi connectivity index (χ1n) is 8.37. The first-order chi connectivity index (χ1) is 14.0. The van der Waals surface area contributed by atoms with Gasteiger partial charge in [0.1, 0.15) is 5.75 Å². The Hall–Kier alpha value is -3.17. The minimum Gasteiger partial charge on any atom is -0.495 e. The van der Waals surface area contributed by atoms with Crippen LogP contribution in [0.25, 0.3) is 0 Å². The van der Waals surface area contributed by atoms with E-state index in [9.17, 15) is 9.59 Å². The average molecular weight is 474 g/mol. The van der Waals surface area contributed by atoms with Gasteiger partial charge in [-0.05, 0) is 70.6 Å². The van der Waals surface area contributed by atoms with Gasteiger partial charge >= 0.3 is 0 Å². The second kappa shape index (κ2) is 9.35. The maximum atomic E-state index is 12.4. The Labute approximate surface area is 180 Å². The Morgan fingerprint density at radius 1 is 1.03 bits per heavy atom. The predicted molar refractivity (Wildman–Crippen MR) is 117 cm³/mol. The molecule has 0 aliphatic rings. The Morgan fingerprint density at radius 2 is 1.83 bits per heavy atom. The van der Waals surface area contributed by atoms with Gasteiger partial charge in [-0.15, -0.1) is 0 Å². The summed E-state index contributed by atoms with van der Waals surface area (Å²) in [5.41, 5.74) is 1.42. The third kappa shape index (κ3) is 5.21. The number of nitrogens with one attached hydrogen (secondary N) is 3. The van der Waals surface area contributed by atoms with Crippen molar-refractivity contribution in [1.82, 2.24) is 5.32 Å². The molecule has 0 aliphatic carbocycles. The number of carbonyl (C=O) groups is 2. The zero-order valence-electron chi connectivity index (χ0n) is 15.2. The summed E-state index contributed by atoms with van der Waals surface area (Å²) in [5.74, 6) is -0.0859. The van der Waals surface area contributed by atoms with Crippen LogP contribution >= 0.6 is 28.1 Å². The van der Waals surface area contributed by atoms with Crippen LogP contribution in [-0.4, -0.2) is 24.0 Å². The zero-order chi connectivity index (χ0) is 20.8. The maximum absolute atomic E-state index is 12.4. The number of ether oxygens (including phenoxy) is 1. The first kappa shape index (κ1) is 20.6. The molecule has 1 heterocycles. The van der Waals surface area contributed by atoms with Crippen LogP contribution in [0, 0.1) is 0 Å². The van der Waals surface area contributed by atoms with E-state index in [1.807, 2.05) is 6.07 Å². The monoisotopic (exact) mass is 473 g/mol. The van der Waals surface area contributed by atoms with Crippen molar-refractivity contribution in [1.29, 1.82) is 0 Å². The molecule has 0 atom stereocenters. The summed E-state index contributed by atoms with van der Waals surface area (Å²) in [6, 6.07) is 15.2. The van der Waals surface area contributed by atoms with Gasteiger partial charge < -0.3 is 19.8 Å². The molecule has 0 saturated heterocycles. The molecule has 9 heteroatoms. The topological polar surface area (TPSA) is 92.6 Å². The summed E-state index contributed by atoms with van der Waals surface area (Å²) in [4.78, 5) is 24.6. The second-order valence-corrected chi connectivity index (χ2v) is 7.00. The Morgan fingerprint density at radius 3 is 2.52 bits per heavy atom. The van der Waals surface area contributed by atoms with Crippen LogP contribution in [0.5, 0.6) is 5.75 Å². The third-order valence-corrected chi connectivity index (χ3v) is 4.69. The van der Waals surface area contributed by atoms with Crippen LogP contribution in [0.15, 0.2) is 69.8 Å². The SMILES string of the molecule is COc1ccc(NC(=O)c2ccco2)cc1NC(=S)NC(=O)c1ccccc1Br. The van der Waals surface area contributed by atoms with Gasteiger partial charge in [-0.3, -0.25) is 14.9 Å². The van der Waals surface area contributed by atoms with Crippen LogP contribution in [-0.2, 0) is 0 Å². The second-order valence-electron chi connectivity index (χ2n) is 5.73. The number of hydrogen-bond donors (Lipinski definition) is 3. The van der Waals surface area contributed by atoms with Crippen LogP contribution < -0.4 is 20.7 Å². The Kier molecular flexibility index (Phi) is 6.63. The number of rotatable bonds is 5. The number of benzene rings is 2. The molecule has 7 nitrogen and oxygen atoms in total. The molecule has 29 heavy (non-hydrogen) atoms. The van der Waals surface area contributed by atoms with Crippen LogP contribution in [0.3, 0.4) is 0 Å². The molecule has 0 radical (unpaired) electrons. The summed E-state index contributed by atoms with van der Waals surface area (Å²) in [5, 5.41) is 8.33. The molecule has 3 aromatic rings. The van der Waals surface area contributed by atoms with E-state index in [0.717, 1.165) is 0 Å². The number of amides is 2. The molecule has 1 aromatic heterocycles. The zero-order valence-corrected chi connectivity index (χ0v) is 17.6. The number of furan rings is 1. The number of carbonyl (C=O) groups excluding carboxylic acids is 2. The van der Waals surface area contributed by atoms with Gasteiger partial charge in [-0.1, -0.05) is 12.1 Å². The molecule has 0 bridgehead atoms. The van der Waals surface area contributed by atoms with Crippen molar-refractivity contribution in [3.05, 3.63) is 76.7 Å². The molecule has 0 aliphatic heterocycles. The van der Waals surface area contributed by atoms with Gasteiger partial charge in [0, 0.05) is 10.2 Å². The molecule has 3 rings (SSSR count). The van der Waals surface area contributed by atoms with Crippen molar-refractivity contribution in [2.75, 3.05) is 17.7 Å². The number of hydrogen-bond acceptors (Lipinski definition) is 5. The fourth-order valence-electron chi connectivity index (χ4n) is 2.45. The van der Waals surface area contributed by atoms with Gasteiger partial charge in [-0.2, -0.15) is 0 Å². The molecule has 0 saturated carbocycles. The fourth-order valence-corrected chi connectivity index (χ4v) is 3.12. The molecule has 148 valence electrons. The normalized spacial score (nSPS) is 10.1. The molecule has 0 spiro atoms. The summed E-state index contributed by atoms with van der Waals surface area (Å²) < 4.78 is 11.0. The van der Waals surface area contributed by atoms with Crippen molar-refractivity contribution < 1.29 is 18.7 Å². The highest BCUT2D eigenvalue weighted by Crippen LogP contribution is 2.28. The highest BCUT2D eigenvalue weighted by Gasteiger charge is 2.14. The van der Waals surface area contributed by atoms with Gasteiger partial charge in [0.25, 0.3) is 11.8 Å². The number of anilines is 2. The van der Waals surface area contributed by atoms with Crippen LogP contribution in [0.4, 0.5) is 11.4 Å². The van der Waals surface area contributed by atoms with E-state index in [1.54, 1.807) is 48.5 Å². The van der Waals surface area contributed by atoms with E-state index in [1.165, 1.54) is 13.4 Å². The van der Waals surface area contributed by atoms with Crippen LogP contribution in [0.2, 0.25) is 0 Å². The lowest BCUT2D eigenvalue weighted by molar-refractivity contribution is 0.0974. The van der Waals surface area contributed by atoms with Gasteiger partial charge in [0.2, 0.25) is 0 Å². The largest absolute Gasteiger partial charge is 0.495 e. The van der Waals surface area contributed by atoms with E-state index >= 15 is 0 Å². The van der Waals surface area contributed by atoms with E-state index in [0.29, 0.717) is 27.2 Å². The van der Waals surface area contributed by atoms with E-state index in [2.05, 4.69) is 31.9 Å². The maximum Gasteiger partial charge on any atom is 0.291 e. The lowest BCUT2D eigenvalue weighted by atomic mass is 10.2.